The number of hydrogen-bond donors (Lipinski definition) is 1. The molecule has 0 bridgehead atoms. The molecule has 1 N–H and O–H groups in total. The van der Waals surface area contributed by atoms with Crippen LogP contribution in [0.2, 0.25) is 5.02 Å². The summed E-state index contributed by atoms with van der Waals surface area (Å²) >= 11 is 6.36. The van der Waals surface area contributed by atoms with Gasteiger partial charge in [0.05, 0.1) is 27.9 Å². The van der Waals surface area contributed by atoms with Crippen LogP contribution in [0.1, 0.15) is 0 Å². The topological polar surface area (TPSA) is 73.0 Å². The van der Waals surface area contributed by atoms with Gasteiger partial charge in [0.25, 0.3) is 0 Å². The summed E-state index contributed by atoms with van der Waals surface area (Å²) < 4.78 is 7.08. The maximum Gasteiger partial charge on any atom is 0.354 e. The van der Waals surface area contributed by atoms with Crippen molar-refractivity contribution in [2.75, 3.05) is 12.4 Å². The second-order valence-corrected chi connectivity index (χ2v) is 5.36. The third-order valence-electron chi connectivity index (χ3n) is 3.70. The lowest BCUT2D eigenvalue weighted by atomic mass is 10.1. The predicted octanol–water partition coefficient (Wildman–Crippen LogP) is 3.22. The van der Waals surface area contributed by atoms with Gasteiger partial charge in [0.2, 0.25) is 0 Å². The first-order chi connectivity index (χ1) is 11.2. The SMILES string of the molecule is CNc1nc(=O)n(-c2ccncc2)c2cc(Cl)c3ccoc3c12. The average Bonchev–Trinajstić information content (AvgIpc) is 3.05. The Bertz CT molecular complexity index is 1090. The summed E-state index contributed by atoms with van der Waals surface area (Å²) in [5, 5.41) is 4.94. The smallest absolute Gasteiger partial charge is 0.354 e. The van der Waals surface area contributed by atoms with Crippen molar-refractivity contribution in [2.24, 2.45) is 0 Å². The molecule has 1 aromatic carbocycles. The number of nitrogens with zero attached hydrogens (tertiary/aromatic N) is 3. The van der Waals surface area contributed by atoms with Crippen LogP contribution in [0.25, 0.3) is 27.6 Å². The summed E-state index contributed by atoms with van der Waals surface area (Å²) in [7, 11) is 1.71. The van der Waals surface area contributed by atoms with E-state index in [0.29, 0.717) is 33.0 Å². The number of nitrogens with one attached hydrogen (secondary N) is 1. The van der Waals surface area contributed by atoms with E-state index in [0.717, 1.165) is 5.39 Å². The Morgan fingerprint density at radius 3 is 2.78 bits per heavy atom. The van der Waals surface area contributed by atoms with E-state index in [4.69, 9.17) is 16.0 Å². The minimum atomic E-state index is -0.407. The van der Waals surface area contributed by atoms with Crippen molar-refractivity contribution in [3.63, 3.8) is 0 Å². The van der Waals surface area contributed by atoms with E-state index in [1.807, 2.05) is 0 Å². The minimum Gasteiger partial charge on any atom is -0.463 e. The first kappa shape index (κ1) is 13.8. The van der Waals surface area contributed by atoms with Gasteiger partial charge in [0.1, 0.15) is 11.4 Å². The van der Waals surface area contributed by atoms with E-state index in [1.54, 1.807) is 50.0 Å². The van der Waals surface area contributed by atoms with E-state index in [2.05, 4.69) is 15.3 Å². The van der Waals surface area contributed by atoms with Crippen molar-refractivity contribution in [3.8, 4) is 5.69 Å². The van der Waals surface area contributed by atoms with Crippen LogP contribution in [0.5, 0.6) is 0 Å². The first-order valence-corrected chi connectivity index (χ1v) is 7.29. The standard InChI is InChI=1S/C16H11ClN4O2/c1-18-15-13-12(8-11(17)10-4-7-23-14(10)13)21(16(22)20-15)9-2-5-19-6-3-9/h2-8H,1H3,(H,18,20,22). The van der Waals surface area contributed by atoms with Gasteiger partial charge in [-0.15, -0.1) is 0 Å². The Kier molecular flexibility index (Phi) is 3.06. The molecular formula is C16H11ClN4O2. The summed E-state index contributed by atoms with van der Waals surface area (Å²) in [5.41, 5.74) is 1.46. The van der Waals surface area contributed by atoms with Crippen molar-refractivity contribution in [2.45, 2.75) is 0 Å². The maximum atomic E-state index is 12.5. The molecule has 4 rings (SSSR count). The molecule has 7 heteroatoms. The second kappa shape index (κ2) is 5.10. The lowest BCUT2D eigenvalue weighted by Crippen LogP contribution is -2.23. The Morgan fingerprint density at radius 2 is 2.04 bits per heavy atom. The molecule has 0 aliphatic heterocycles. The summed E-state index contributed by atoms with van der Waals surface area (Å²) in [4.78, 5) is 20.6. The predicted molar refractivity (Wildman–Crippen MR) is 89.5 cm³/mol. The molecule has 4 aromatic rings. The van der Waals surface area contributed by atoms with Crippen molar-refractivity contribution in [3.05, 3.63) is 58.4 Å². The molecule has 0 amide bonds. The van der Waals surface area contributed by atoms with Crippen LogP contribution in [0.4, 0.5) is 5.82 Å². The van der Waals surface area contributed by atoms with Crippen molar-refractivity contribution in [1.82, 2.24) is 14.5 Å². The molecule has 23 heavy (non-hydrogen) atoms. The monoisotopic (exact) mass is 326 g/mol. The molecule has 0 radical (unpaired) electrons. The van der Waals surface area contributed by atoms with E-state index in [-0.39, 0.29) is 0 Å². The quantitative estimate of drug-likeness (QED) is 0.612. The Balaban J connectivity index is 2.26. The summed E-state index contributed by atoms with van der Waals surface area (Å²) in [6, 6.07) is 7.02. The lowest BCUT2D eigenvalue weighted by molar-refractivity contribution is 0.619. The number of rotatable bonds is 2. The number of furan rings is 1. The van der Waals surface area contributed by atoms with Gasteiger partial charge >= 0.3 is 5.69 Å². The van der Waals surface area contributed by atoms with Crippen LogP contribution >= 0.6 is 11.6 Å². The molecule has 0 saturated heterocycles. The zero-order valence-electron chi connectivity index (χ0n) is 12.1. The van der Waals surface area contributed by atoms with Gasteiger partial charge in [-0.3, -0.25) is 9.55 Å². The van der Waals surface area contributed by atoms with Crippen LogP contribution in [-0.2, 0) is 0 Å². The van der Waals surface area contributed by atoms with Gasteiger partial charge in [0.15, 0.2) is 0 Å². The highest BCUT2D eigenvalue weighted by Crippen LogP contribution is 2.35. The average molecular weight is 327 g/mol. The van der Waals surface area contributed by atoms with Crippen molar-refractivity contribution in [1.29, 1.82) is 0 Å². The third kappa shape index (κ3) is 1.99. The highest BCUT2D eigenvalue weighted by Gasteiger charge is 2.18. The molecule has 3 heterocycles. The normalized spacial score (nSPS) is 11.2. The number of hydrogen-bond acceptors (Lipinski definition) is 5. The number of halogens is 1. The fourth-order valence-corrected chi connectivity index (χ4v) is 2.96. The molecule has 0 aliphatic carbocycles. The Labute approximate surface area is 135 Å². The third-order valence-corrected chi connectivity index (χ3v) is 4.02. The Hall–Kier alpha value is -2.86. The lowest BCUT2D eigenvalue weighted by Gasteiger charge is -2.13. The highest BCUT2D eigenvalue weighted by molar-refractivity contribution is 6.37. The summed E-state index contributed by atoms with van der Waals surface area (Å²) in [5.74, 6) is 0.451. The summed E-state index contributed by atoms with van der Waals surface area (Å²) in [6.45, 7) is 0. The molecule has 0 unspecified atom stereocenters. The molecule has 3 aromatic heterocycles. The van der Waals surface area contributed by atoms with Crippen LogP contribution in [0, 0.1) is 0 Å². The van der Waals surface area contributed by atoms with Gasteiger partial charge in [-0.25, -0.2) is 4.79 Å². The fourth-order valence-electron chi connectivity index (χ4n) is 2.71. The Morgan fingerprint density at radius 1 is 1.26 bits per heavy atom. The molecule has 114 valence electrons. The van der Waals surface area contributed by atoms with Gasteiger partial charge in [0, 0.05) is 24.8 Å². The van der Waals surface area contributed by atoms with E-state index < -0.39 is 5.69 Å². The first-order valence-electron chi connectivity index (χ1n) is 6.91. The van der Waals surface area contributed by atoms with Crippen LogP contribution in [0.3, 0.4) is 0 Å². The number of pyridine rings is 1. The van der Waals surface area contributed by atoms with Gasteiger partial charge < -0.3 is 9.73 Å². The van der Waals surface area contributed by atoms with Crippen LogP contribution in [-0.4, -0.2) is 21.6 Å². The molecule has 0 spiro atoms. The van der Waals surface area contributed by atoms with E-state index >= 15 is 0 Å². The number of anilines is 1. The van der Waals surface area contributed by atoms with E-state index in [1.165, 1.54) is 4.57 Å². The van der Waals surface area contributed by atoms with Crippen molar-refractivity contribution < 1.29 is 4.42 Å². The molecule has 0 aliphatic rings. The highest BCUT2D eigenvalue weighted by atomic mass is 35.5. The van der Waals surface area contributed by atoms with Crippen LogP contribution < -0.4 is 11.0 Å². The summed E-state index contributed by atoms with van der Waals surface area (Å²) in [6.07, 6.45) is 4.80. The number of aromatic nitrogens is 3. The van der Waals surface area contributed by atoms with Gasteiger partial charge in [-0.05, 0) is 24.3 Å². The molecule has 0 fully saturated rings. The van der Waals surface area contributed by atoms with Gasteiger partial charge in [-0.2, -0.15) is 4.98 Å². The second-order valence-electron chi connectivity index (χ2n) is 4.95. The number of benzene rings is 1. The minimum absolute atomic E-state index is 0.407. The molecular weight excluding hydrogens is 316 g/mol. The molecule has 6 nitrogen and oxygen atoms in total. The largest absolute Gasteiger partial charge is 0.463 e. The van der Waals surface area contributed by atoms with Gasteiger partial charge in [-0.1, -0.05) is 11.6 Å². The zero-order valence-corrected chi connectivity index (χ0v) is 12.8. The number of fused-ring (bicyclic) bond motifs is 3. The van der Waals surface area contributed by atoms with Crippen LogP contribution in [0.15, 0.2) is 52.1 Å². The molecule has 0 saturated carbocycles. The maximum absolute atomic E-state index is 12.5. The zero-order chi connectivity index (χ0) is 16.0. The molecule has 0 atom stereocenters. The van der Waals surface area contributed by atoms with E-state index in [9.17, 15) is 4.79 Å². The fraction of sp³-hybridized carbons (Fsp3) is 0.0625. The van der Waals surface area contributed by atoms with Crippen molar-refractivity contribution >= 4 is 39.3 Å².